The lowest BCUT2D eigenvalue weighted by Gasteiger charge is -2.24. The van der Waals surface area contributed by atoms with Crippen molar-refractivity contribution >= 4 is 40.1 Å². The molecule has 0 radical (unpaired) electrons. The number of fused-ring (bicyclic) bond motifs is 2. The van der Waals surface area contributed by atoms with Crippen molar-refractivity contribution < 1.29 is 4.79 Å². The molecule has 0 spiro atoms. The van der Waals surface area contributed by atoms with Gasteiger partial charge in [-0.2, -0.15) is 0 Å². The topological polar surface area (TPSA) is 32.3 Å². The summed E-state index contributed by atoms with van der Waals surface area (Å²) in [7, 11) is 0. The highest BCUT2D eigenvalue weighted by Gasteiger charge is 2.31. The Morgan fingerprint density at radius 2 is 2.11 bits per heavy atom. The highest BCUT2D eigenvalue weighted by Crippen LogP contribution is 2.24. The lowest BCUT2D eigenvalue weighted by Crippen LogP contribution is -2.39. The van der Waals surface area contributed by atoms with Crippen molar-refractivity contribution in [3.63, 3.8) is 0 Å². The largest absolute Gasteiger partial charge is 0.337 e. The number of carbonyl (C=O) groups is 1. The van der Waals surface area contributed by atoms with Crippen molar-refractivity contribution in [1.82, 2.24) is 10.2 Å². The van der Waals surface area contributed by atoms with Crippen molar-refractivity contribution in [3.8, 4) is 0 Å². The van der Waals surface area contributed by atoms with Crippen molar-refractivity contribution in [2.45, 2.75) is 31.3 Å². The molecule has 2 fully saturated rings. The molecule has 102 valence electrons. The van der Waals surface area contributed by atoms with Crippen LogP contribution >= 0.6 is 34.2 Å². The van der Waals surface area contributed by atoms with E-state index in [-0.39, 0.29) is 5.91 Å². The maximum absolute atomic E-state index is 12.5. The fourth-order valence-corrected chi connectivity index (χ4v) is 3.46. The average Bonchev–Trinajstić information content (AvgIpc) is 2.72. The summed E-state index contributed by atoms with van der Waals surface area (Å²) in [5.74, 6) is 0.104. The number of amides is 1. The molecule has 1 aromatic rings. The van der Waals surface area contributed by atoms with Crippen molar-refractivity contribution in [3.05, 3.63) is 32.4 Å². The molecular formula is C14H16ClIN2O. The quantitative estimate of drug-likeness (QED) is 0.748. The van der Waals surface area contributed by atoms with Crippen LogP contribution in [-0.4, -0.2) is 36.0 Å². The van der Waals surface area contributed by atoms with Gasteiger partial charge in [-0.05, 0) is 60.1 Å². The van der Waals surface area contributed by atoms with E-state index in [9.17, 15) is 4.79 Å². The van der Waals surface area contributed by atoms with Crippen LogP contribution in [0, 0.1) is 3.57 Å². The van der Waals surface area contributed by atoms with Gasteiger partial charge in [0.1, 0.15) is 0 Å². The predicted octanol–water partition coefficient (Wildman–Crippen LogP) is 2.91. The van der Waals surface area contributed by atoms with Crippen molar-refractivity contribution in [1.29, 1.82) is 0 Å². The van der Waals surface area contributed by atoms with Crippen LogP contribution in [0.3, 0.4) is 0 Å². The van der Waals surface area contributed by atoms with Gasteiger partial charge < -0.3 is 10.2 Å². The summed E-state index contributed by atoms with van der Waals surface area (Å²) in [6.07, 6.45) is 3.49. The molecule has 2 heterocycles. The number of halogens is 2. The van der Waals surface area contributed by atoms with Crippen LogP contribution in [0.25, 0.3) is 0 Å². The third-order valence-electron chi connectivity index (χ3n) is 3.98. The maximum Gasteiger partial charge on any atom is 0.253 e. The minimum absolute atomic E-state index is 0.104. The first kappa shape index (κ1) is 13.6. The Labute approximate surface area is 131 Å². The number of hydrogen-bond acceptors (Lipinski definition) is 2. The van der Waals surface area contributed by atoms with Crippen molar-refractivity contribution in [2.75, 3.05) is 13.1 Å². The molecule has 2 unspecified atom stereocenters. The summed E-state index contributed by atoms with van der Waals surface area (Å²) in [5, 5.41) is 4.24. The Kier molecular flexibility index (Phi) is 4.01. The Morgan fingerprint density at radius 1 is 1.32 bits per heavy atom. The highest BCUT2D eigenvalue weighted by atomic mass is 127. The van der Waals surface area contributed by atoms with Crippen LogP contribution in [0.4, 0.5) is 0 Å². The number of nitrogens with zero attached hydrogens (tertiary/aromatic N) is 1. The van der Waals surface area contributed by atoms with Gasteiger partial charge in [-0.25, -0.2) is 0 Å². The first-order valence-electron chi connectivity index (χ1n) is 6.64. The van der Waals surface area contributed by atoms with E-state index >= 15 is 0 Å². The maximum atomic E-state index is 12.5. The van der Waals surface area contributed by atoms with E-state index in [0.717, 1.165) is 23.1 Å². The molecule has 0 aliphatic carbocycles. The summed E-state index contributed by atoms with van der Waals surface area (Å²) < 4.78 is 0.979. The summed E-state index contributed by atoms with van der Waals surface area (Å²) in [4.78, 5) is 14.5. The van der Waals surface area contributed by atoms with Crippen molar-refractivity contribution in [2.24, 2.45) is 0 Å². The van der Waals surface area contributed by atoms with E-state index < -0.39 is 0 Å². The van der Waals surface area contributed by atoms with E-state index in [2.05, 4.69) is 27.9 Å². The van der Waals surface area contributed by atoms with Gasteiger partial charge in [0.05, 0.1) is 5.02 Å². The van der Waals surface area contributed by atoms with Crippen LogP contribution in [-0.2, 0) is 0 Å². The second-order valence-electron chi connectivity index (χ2n) is 5.31. The van der Waals surface area contributed by atoms with Gasteiger partial charge in [0.15, 0.2) is 0 Å². The van der Waals surface area contributed by atoms with Gasteiger partial charge >= 0.3 is 0 Å². The minimum Gasteiger partial charge on any atom is -0.337 e. The van der Waals surface area contributed by atoms with E-state index in [1.165, 1.54) is 12.8 Å². The molecule has 1 amide bonds. The molecule has 5 heteroatoms. The van der Waals surface area contributed by atoms with Gasteiger partial charge in [0.25, 0.3) is 5.91 Å². The van der Waals surface area contributed by atoms with Crippen LogP contribution < -0.4 is 5.32 Å². The predicted molar refractivity (Wildman–Crippen MR) is 84.6 cm³/mol. The van der Waals surface area contributed by atoms with Gasteiger partial charge in [-0.3, -0.25) is 4.79 Å². The SMILES string of the molecule is O=C(c1ccc(I)c(Cl)c1)N1CCC2CCC(C1)N2. The molecule has 1 N–H and O–H groups in total. The number of nitrogens with one attached hydrogen (secondary N) is 1. The fourth-order valence-electron chi connectivity index (χ4n) is 2.94. The van der Waals surface area contributed by atoms with Crippen LogP contribution in [0.5, 0.6) is 0 Å². The fraction of sp³-hybridized carbons (Fsp3) is 0.500. The third kappa shape index (κ3) is 2.90. The normalized spacial score (nSPS) is 26.3. The zero-order valence-corrected chi connectivity index (χ0v) is 13.4. The summed E-state index contributed by atoms with van der Waals surface area (Å²) in [5.41, 5.74) is 0.697. The number of hydrogen-bond donors (Lipinski definition) is 1. The first-order chi connectivity index (χ1) is 9.13. The molecule has 3 nitrogen and oxygen atoms in total. The molecule has 0 saturated carbocycles. The monoisotopic (exact) mass is 390 g/mol. The Balaban J connectivity index is 1.77. The zero-order valence-electron chi connectivity index (χ0n) is 10.5. The molecule has 2 bridgehead atoms. The van der Waals surface area contributed by atoms with Gasteiger partial charge in [-0.15, -0.1) is 0 Å². The number of rotatable bonds is 1. The Morgan fingerprint density at radius 3 is 2.89 bits per heavy atom. The molecule has 2 atom stereocenters. The second-order valence-corrected chi connectivity index (χ2v) is 6.88. The summed E-state index contributed by atoms with van der Waals surface area (Å²) >= 11 is 8.27. The Hall–Kier alpha value is -0.330. The molecule has 19 heavy (non-hydrogen) atoms. The summed E-state index contributed by atoms with van der Waals surface area (Å²) in [6, 6.07) is 6.62. The smallest absolute Gasteiger partial charge is 0.253 e. The van der Waals surface area contributed by atoms with Gasteiger partial charge in [-0.1, -0.05) is 11.6 Å². The third-order valence-corrected chi connectivity index (χ3v) is 5.55. The minimum atomic E-state index is 0.104. The number of likely N-dealkylation sites (tertiary alicyclic amines) is 1. The standard InChI is InChI=1S/C14H16ClIN2O/c15-12-7-9(1-4-13(12)16)14(19)18-6-5-10-2-3-11(8-18)17-10/h1,4,7,10-11,17H,2-3,5-6,8H2. The highest BCUT2D eigenvalue weighted by molar-refractivity contribution is 14.1. The lowest BCUT2D eigenvalue weighted by atomic mass is 10.1. The van der Waals surface area contributed by atoms with Crippen LogP contribution in [0.15, 0.2) is 18.2 Å². The first-order valence-corrected chi connectivity index (χ1v) is 8.09. The van der Waals surface area contributed by atoms with E-state index in [1.54, 1.807) is 6.07 Å². The van der Waals surface area contributed by atoms with E-state index in [1.807, 2.05) is 17.0 Å². The second kappa shape index (κ2) is 5.58. The van der Waals surface area contributed by atoms with E-state index in [4.69, 9.17) is 11.6 Å². The zero-order chi connectivity index (χ0) is 13.4. The molecular weight excluding hydrogens is 375 g/mol. The van der Waals surface area contributed by atoms with Crippen LogP contribution in [0.2, 0.25) is 5.02 Å². The Bertz CT molecular complexity index is 508. The molecule has 3 rings (SSSR count). The van der Waals surface area contributed by atoms with Crippen LogP contribution in [0.1, 0.15) is 29.6 Å². The number of benzene rings is 1. The summed E-state index contributed by atoms with van der Waals surface area (Å²) in [6.45, 7) is 1.66. The van der Waals surface area contributed by atoms with Gasteiger partial charge in [0, 0.05) is 34.3 Å². The van der Waals surface area contributed by atoms with E-state index in [0.29, 0.717) is 22.7 Å². The van der Waals surface area contributed by atoms with Gasteiger partial charge in [0.2, 0.25) is 0 Å². The molecule has 2 aliphatic heterocycles. The number of carbonyl (C=O) groups excluding carboxylic acids is 1. The molecule has 0 aromatic heterocycles. The molecule has 2 aliphatic rings. The lowest BCUT2D eigenvalue weighted by molar-refractivity contribution is 0.0748. The average molecular weight is 391 g/mol. The molecule has 1 aromatic carbocycles. The molecule has 2 saturated heterocycles.